The highest BCUT2D eigenvalue weighted by Gasteiger charge is 2.17. The number of imide groups is 1. The molecule has 0 fully saturated rings. The first-order valence-corrected chi connectivity index (χ1v) is 6.46. The van der Waals surface area contributed by atoms with Gasteiger partial charge in [-0.2, -0.15) is 0 Å². The second kappa shape index (κ2) is 7.03. The molecule has 0 saturated heterocycles. The number of ether oxygens (including phenoxy) is 1. The number of aromatic nitrogens is 1. The Hall–Kier alpha value is -2.15. The summed E-state index contributed by atoms with van der Waals surface area (Å²) in [5.41, 5.74) is -0.318. The summed E-state index contributed by atoms with van der Waals surface area (Å²) in [6, 6.07) is 2.19. The van der Waals surface area contributed by atoms with E-state index in [0.29, 0.717) is 0 Å². The van der Waals surface area contributed by atoms with Gasteiger partial charge in [0.1, 0.15) is 5.15 Å². The van der Waals surface area contributed by atoms with Crippen molar-refractivity contribution in [3.63, 3.8) is 0 Å². The first-order valence-electron chi connectivity index (χ1n) is 6.08. The number of urea groups is 1. The van der Waals surface area contributed by atoms with Crippen LogP contribution in [0, 0.1) is 0 Å². The Balaban J connectivity index is 2.41. The molecule has 8 heteroatoms. The van der Waals surface area contributed by atoms with Crippen LogP contribution in [0.4, 0.5) is 4.79 Å². The van der Waals surface area contributed by atoms with Crippen LogP contribution < -0.4 is 10.6 Å². The number of pyridine rings is 1. The Kier molecular flexibility index (Phi) is 5.66. The van der Waals surface area contributed by atoms with Crippen LogP contribution in [0.2, 0.25) is 5.15 Å². The molecule has 0 aliphatic carbocycles. The lowest BCUT2D eigenvalue weighted by molar-refractivity contribution is -0.123. The Labute approximate surface area is 127 Å². The third kappa shape index (κ3) is 6.71. The number of carbonyl (C=O) groups is 3. The number of hydrogen-bond donors (Lipinski definition) is 2. The molecule has 2 N–H and O–H groups in total. The fourth-order valence-electron chi connectivity index (χ4n) is 1.25. The minimum atomic E-state index is -0.731. The summed E-state index contributed by atoms with van der Waals surface area (Å²) >= 11 is 5.58. The number of hydrogen-bond acceptors (Lipinski definition) is 5. The Morgan fingerprint density at radius 3 is 2.48 bits per heavy atom. The molecule has 0 bridgehead atoms. The molecule has 3 amide bonds. The monoisotopic (exact) mass is 313 g/mol. The predicted octanol–water partition coefficient (Wildman–Crippen LogP) is 1.52. The van der Waals surface area contributed by atoms with Gasteiger partial charge in [-0.15, -0.1) is 0 Å². The molecule has 0 saturated carbocycles. The van der Waals surface area contributed by atoms with Gasteiger partial charge in [0, 0.05) is 11.7 Å². The molecule has 1 aromatic heterocycles. The highest BCUT2D eigenvalue weighted by molar-refractivity contribution is 6.29. The zero-order chi connectivity index (χ0) is 16.0. The van der Waals surface area contributed by atoms with Crippen LogP contribution in [0.1, 0.15) is 31.1 Å². The number of esters is 1. The van der Waals surface area contributed by atoms with Crippen molar-refractivity contribution in [2.24, 2.45) is 0 Å². The van der Waals surface area contributed by atoms with Gasteiger partial charge < -0.3 is 10.1 Å². The summed E-state index contributed by atoms with van der Waals surface area (Å²) in [6.45, 7) is 4.73. The minimum Gasteiger partial charge on any atom is -0.452 e. The fourth-order valence-corrected chi connectivity index (χ4v) is 1.36. The molecule has 21 heavy (non-hydrogen) atoms. The summed E-state index contributed by atoms with van der Waals surface area (Å²) in [6.07, 6.45) is 1.23. The van der Waals surface area contributed by atoms with Gasteiger partial charge in [0.25, 0.3) is 5.91 Å². The normalized spacial score (nSPS) is 10.7. The van der Waals surface area contributed by atoms with Crippen LogP contribution in [0.5, 0.6) is 0 Å². The number of halogens is 1. The average Bonchev–Trinajstić information content (AvgIpc) is 2.34. The minimum absolute atomic E-state index is 0.159. The number of amides is 3. The average molecular weight is 314 g/mol. The molecule has 0 unspecified atom stereocenters. The van der Waals surface area contributed by atoms with E-state index in [1.165, 1.54) is 18.3 Å². The van der Waals surface area contributed by atoms with E-state index in [-0.39, 0.29) is 10.7 Å². The quantitative estimate of drug-likeness (QED) is 0.651. The maximum absolute atomic E-state index is 11.6. The third-order valence-electron chi connectivity index (χ3n) is 2.04. The van der Waals surface area contributed by atoms with E-state index in [0.717, 1.165) is 0 Å². The Morgan fingerprint density at radius 1 is 1.29 bits per heavy atom. The van der Waals surface area contributed by atoms with Crippen molar-refractivity contribution in [1.82, 2.24) is 15.6 Å². The van der Waals surface area contributed by atoms with Crippen molar-refractivity contribution < 1.29 is 19.1 Å². The molecule has 7 nitrogen and oxygen atoms in total. The largest absolute Gasteiger partial charge is 0.452 e. The van der Waals surface area contributed by atoms with Crippen LogP contribution >= 0.6 is 11.6 Å². The van der Waals surface area contributed by atoms with Crippen molar-refractivity contribution in [3.8, 4) is 0 Å². The summed E-state index contributed by atoms with van der Waals surface area (Å²) < 4.78 is 4.75. The van der Waals surface area contributed by atoms with Crippen LogP contribution in [0.25, 0.3) is 0 Å². The predicted molar refractivity (Wildman–Crippen MR) is 76.0 cm³/mol. The van der Waals surface area contributed by atoms with Crippen molar-refractivity contribution in [2.45, 2.75) is 26.3 Å². The molecule has 1 aromatic rings. The van der Waals surface area contributed by atoms with Crippen LogP contribution in [-0.4, -0.2) is 35.0 Å². The molecule has 1 rings (SSSR count). The van der Waals surface area contributed by atoms with Gasteiger partial charge in [-0.25, -0.2) is 14.6 Å². The summed E-state index contributed by atoms with van der Waals surface area (Å²) in [7, 11) is 0. The SMILES string of the molecule is CC(C)(C)NC(=O)NC(=O)COC(=O)c1ccc(Cl)nc1. The molecule has 0 aliphatic rings. The lowest BCUT2D eigenvalue weighted by atomic mass is 10.1. The summed E-state index contributed by atoms with van der Waals surface area (Å²) in [5, 5.41) is 4.83. The molecule has 1 heterocycles. The molecule has 0 spiro atoms. The highest BCUT2D eigenvalue weighted by Crippen LogP contribution is 2.06. The number of nitrogens with one attached hydrogen (secondary N) is 2. The van der Waals surface area contributed by atoms with E-state index in [4.69, 9.17) is 16.3 Å². The van der Waals surface area contributed by atoms with E-state index in [1.807, 2.05) is 5.32 Å². The van der Waals surface area contributed by atoms with Crippen molar-refractivity contribution in [2.75, 3.05) is 6.61 Å². The third-order valence-corrected chi connectivity index (χ3v) is 2.26. The van der Waals surface area contributed by atoms with Crippen LogP contribution in [0.15, 0.2) is 18.3 Å². The van der Waals surface area contributed by atoms with E-state index < -0.39 is 30.1 Å². The molecule has 114 valence electrons. The lowest BCUT2D eigenvalue weighted by Gasteiger charge is -2.20. The number of rotatable bonds is 3. The molecular formula is C13H16ClN3O4. The Morgan fingerprint density at radius 2 is 1.95 bits per heavy atom. The van der Waals surface area contributed by atoms with Crippen molar-refractivity contribution in [3.05, 3.63) is 29.0 Å². The molecular weight excluding hydrogens is 298 g/mol. The standard InChI is InChI=1S/C13H16ClN3O4/c1-13(2,3)17-12(20)16-10(18)7-21-11(19)8-4-5-9(14)15-6-8/h4-6H,7H2,1-3H3,(H2,16,17,18,20). The molecule has 0 aromatic carbocycles. The topological polar surface area (TPSA) is 97.4 Å². The van der Waals surface area contributed by atoms with Crippen molar-refractivity contribution >= 4 is 29.5 Å². The number of carbonyl (C=O) groups excluding carboxylic acids is 3. The van der Waals surface area contributed by atoms with E-state index in [9.17, 15) is 14.4 Å². The lowest BCUT2D eigenvalue weighted by Crippen LogP contribution is -2.49. The number of nitrogens with zero attached hydrogens (tertiary/aromatic N) is 1. The molecule has 0 atom stereocenters. The van der Waals surface area contributed by atoms with E-state index in [2.05, 4.69) is 10.3 Å². The summed E-state index contributed by atoms with van der Waals surface area (Å²) in [5.74, 6) is -1.46. The van der Waals surface area contributed by atoms with Crippen molar-refractivity contribution in [1.29, 1.82) is 0 Å². The molecule has 0 radical (unpaired) electrons. The smallest absolute Gasteiger partial charge is 0.340 e. The van der Waals surface area contributed by atoms with Gasteiger partial charge in [0.15, 0.2) is 6.61 Å². The second-order valence-electron chi connectivity index (χ2n) is 5.20. The van der Waals surface area contributed by atoms with E-state index in [1.54, 1.807) is 20.8 Å². The highest BCUT2D eigenvalue weighted by atomic mass is 35.5. The van der Waals surface area contributed by atoms with Gasteiger partial charge in [0.2, 0.25) is 0 Å². The van der Waals surface area contributed by atoms with Gasteiger partial charge in [-0.1, -0.05) is 11.6 Å². The molecule has 0 aliphatic heterocycles. The van der Waals surface area contributed by atoms with E-state index >= 15 is 0 Å². The summed E-state index contributed by atoms with van der Waals surface area (Å²) in [4.78, 5) is 38.2. The van der Waals surface area contributed by atoms with Gasteiger partial charge in [-0.3, -0.25) is 10.1 Å². The Bertz CT molecular complexity index is 537. The first-order chi connectivity index (χ1) is 9.67. The fraction of sp³-hybridized carbons (Fsp3) is 0.385. The van der Waals surface area contributed by atoms with Gasteiger partial charge in [-0.05, 0) is 32.9 Å². The van der Waals surface area contributed by atoms with Crippen LogP contribution in [0.3, 0.4) is 0 Å². The van der Waals surface area contributed by atoms with Gasteiger partial charge >= 0.3 is 12.0 Å². The first kappa shape index (κ1) is 16.9. The van der Waals surface area contributed by atoms with Crippen LogP contribution in [-0.2, 0) is 9.53 Å². The maximum Gasteiger partial charge on any atom is 0.340 e. The van der Waals surface area contributed by atoms with Gasteiger partial charge in [0.05, 0.1) is 5.56 Å². The zero-order valence-electron chi connectivity index (χ0n) is 11.9. The maximum atomic E-state index is 11.6. The second-order valence-corrected chi connectivity index (χ2v) is 5.59. The zero-order valence-corrected chi connectivity index (χ0v) is 12.7.